The van der Waals surface area contributed by atoms with Crippen LogP contribution < -0.4 is 10.1 Å². The molecule has 2 aromatic carbocycles. The number of phenolic OH excluding ortho intramolecular Hbond substituents is 2. The maximum Gasteiger partial charge on any atom is 0.352 e. The van der Waals surface area contributed by atoms with Gasteiger partial charge in [0, 0.05) is 6.42 Å². The van der Waals surface area contributed by atoms with Crippen molar-refractivity contribution in [2.24, 2.45) is 0 Å². The van der Waals surface area contributed by atoms with Gasteiger partial charge >= 0.3 is 5.97 Å². The molecule has 28 heavy (non-hydrogen) atoms. The highest BCUT2D eigenvalue weighted by molar-refractivity contribution is 7.22. The van der Waals surface area contributed by atoms with Crippen LogP contribution in [0, 0.1) is 0 Å². The molecule has 8 nitrogen and oxygen atoms in total. The van der Waals surface area contributed by atoms with Crippen LogP contribution in [0.1, 0.15) is 12.0 Å². The van der Waals surface area contributed by atoms with Crippen molar-refractivity contribution < 1.29 is 29.6 Å². The third kappa shape index (κ3) is 3.89. The first kappa shape index (κ1) is 19.2. The van der Waals surface area contributed by atoms with Gasteiger partial charge < -0.3 is 30.2 Å². The lowest BCUT2D eigenvalue weighted by atomic mass is 10.00. The standard InChI is InChI=1S/C19H16N2O6S/c1-27-11-3-4-13-16(9-11)28-19(20-13)21-17(18(25)26)12(6-7-22)10-2-5-14(23)15(24)8-10/h2-5,7-9,23-24H,6H2,1H3,(H,20,21)(H,25,26)/b17-12+. The van der Waals surface area contributed by atoms with E-state index in [2.05, 4.69) is 10.3 Å². The molecule has 0 aliphatic heterocycles. The number of thiazole rings is 1. The van der Waals surface area contributed by atoms with Gasteiger partial charge in [-0.1, -0.05) is 17.4 Å². The number of carbonyl (C=O) groups excluding carboxylic acids is 1. The number of benzene rings is 2. The number of aromatic hydroxyl groups is 2. The zero-order chi connectivity index (χ0) is 20.3. The largest absolute Gasteiger partial charge is 0.504 e. The SMILES string of the molecule is COc1ccc2nc(N/C(C(=O)O)=C(\CC=O)c3ccc(O)c(O)c3)sc2c1. The van der Waals surface area contributed by atoms with Crippen LogP contribution >= 0.6 is 11.3 Å². The van der Waals surface area contributed by atoms with E-state index in [1.54, 1.807) is 25.3 Å². The molecule has 0 aliphatic rings. The van der Waals surface area contributed by atoms with Gasteiger partial charge in [0.05, 0.1) is 17.3 Å². The summed E-state index contributed by atoms with van der Waals surface area (Å²) >= 11 is 1.23. The number of rotatable bonds is 7. The fourth-order valence-corrected chi connectivity index (χ4v) is 3.51. The minimum Gasteiger partial charge on any atom is -0.504 e. The molecule has 3 aromatic rings. The van der Waals surface area contributed by atoms with Gasteiger partial charge in [-0.15, -0.1) is 0 Å². The van der Waals surface area contributed by atoms with E-state index in [-0.39, 0.29) is 29.0 Å². The van der Waals surface area contributed by atoms with Crippen LogP contribution in [0.5, 0.6) is 17.2 Å². The molecule has 4 N–H and O–H groups in total. The van der Waals surface area contributed by atoms with Gasteiger partial charge in [0.25, 0.3) is 0 Å². The van der Waals surface area contributed by atoms with Gasteiger partial charge in [-0.25, -0.2) is 9.78 Å². The van der Waals surface area contributed by atoms with Crippen molar-refractivity contribution in [2.75, 3.05) is 12.4 Å². The summed E-state index contributed by atoms with van der Waals surface area (Å²) in [6, 6.07) is 9.12. The monoisotopic (exact) mass is 400 g/mol. The molecule has 0 aliphatic carbocycles. The number of allylic oxidation sites excluding steroid dienone is 1. The Morgan fingerprint density at radius 1 is 1.21 bits per heavy atom. The number of nitrogens with zero attached hydrogens (tertiary/aromatic N) is 1. The number of aliphatic carboxylic acids is 1. The first-order chi connectivity index (χ1) is 13.4. The number of ether oxygens (including phenoxy) is 1. The summed E-state index contributed by atoms with van der Waals surface area (Å²) in [4.78, 5) is 27.4. The Hall–Kier alpha value is -3.59. The number of hydrogen-bond acceptors (Lipinski definition) is 8. The normalized spacial score (nSPS) is 11.8. The van der Waals surface area contributed by atoms with Crippen LogP contribution in [0.4, 0.5) is 5.13 Å². The molecule has 1 heterocycles. The van der Waals surface area contributed by atoms with Gasteiger partial charge in [-0.2, -0.15) is 0 Å². The third-order valence-electron chi connectivity index (χ3n) is 3.95. The van der Waals surface area contributed by atoms with Crippen molar-refractivity contribution in [2.45, 2.75) is 6.42 Å². The number of carboxylic acids is 1. The van der Waals surface area contributed by atoms with E-state index in [9.17, 15) is 24.9 Å². The van der Waals surface area contributed by atoms with E-state index >= 15 is 0 Å². The molecule has 0 atom stereocenters. The number of carbonyl (C=O) groups is 2. The highest BCUT2D eigenvalue weighted by atomic mass is 32.1. The Labute approximate surface area is 163 Å². The summed E-state index contributed by atoms with van der Waals surface area (Å²) < 4.78 is 5.97. The van der Waals surface area contributed by atoms with Crippen LogP contribution in [0.2, 0.25) is 0 Å². The molecule has 0 amide bonds. The van der Waals surface area contributed by atoms with Crippen molar-refractivity contribution in [1.29, 1.82) is 0 Å². The second kappa shape index (κ2) is 7.97. The Kier molecular flexibility index (Phi) is 5.46. The number of carboxylic acid groups (broad SMARTS) is 1. The van der Waals surface area contributed by atoms with Crippen LogP contribution in [-0.2, 0) is 9.59 Å². The van der Waals surface area contributed by atoms with Gasteiger partial charge in [0.2, 0.25) is 0 Å². The van der Waals surface area contributed by atoms with Gasteiger partial charge in [-0.05, 0) is 41.5 Å². The highest BCUT2D eigenvalue weighted by Gasteiger charge is 2.19. The molecule has 0 saturated heterocycles. The number of aromatic nitrogens is 1. The molecular formula is C19H16N2O6S. The maximum absolute atomic E-state index is 11.9. The summed E-state index contributed by atoms with van der Waals surface area (Å²) in [6.07, 6.45) is 0.352. The number of aldehydes is 1. The first-order valence-corrected chi connectivity index (χ1v) is 8.88. The Bertz CT molecular complexity index is 1090. The molecule has 0 bridgehead atoms. The van der Waals surface area contributed by atoms with Gasteiger partial charge in [0.15, 0.2) is 16.6 Å². The summed E-state index contributed by atoms with van der Waals surface area (Å²) in [5, 5.41) is 32.0. The van der Waals surface area contributed by atoms with Crippen LogP contribution in [0.25, 0.3) is 15.8 Å². The van der Waals surface area contributed by atoms with E-state index < -0.39 is 11.7 Å². The summed E-state index contributed by atoms with van der Waals surface area (Å²) in [5.74, 6) is -1.41. The number of hydrogen-bond donors (Lipinski definition) is 4. The van der Waals surface area contributed by atoms with E-state index in [4.69, 9.17) is 4.74 Å². The fraction of sp³-hybridized carbons (Fsp3) is 0.105. The molecule has 0 unspecified atom stereocenters. The lowest BCUT2D eigenvalue weighted by Gasteiger charge is -2.12. The zero-order valence-corrected chi connectivity index (χ0v) is 15.5. The van der Waals surface area contributed by atoms with Crippen molar-refractivity contribution in [3.05, 3.63) is 47.7 Å². The van der Waals surface area contributed by atoms with E-state index in [0.29, 0.717) is 22.7 Å². The molecule has 0 saturated carbocycles. The van der Waals surface area contributed by atoms with Crippen molar-refractivity contribution in [3.63, 3.8) is 0 Å². The number of nitrogens with one attached hydrogen (secondary N) is 1. The summed E-state index contributed by atoms with van der Waals surface area (Å²) in [6.45, 7) is 0. The fourth-order valence-electron chi connectivity index (χ4n) is 2.61. The highest BCUT2D eigenvalue weighted by Crippen LogP contribution is 2.33. The van der Waals surface area contributed by atoms with Crippen molar-refractivity contribution in [3.8, 4) is 17.2 Å². The average Bonchev–Trinajstić information content (AvgIpc) is 3.08. The number of methoxy groups -OCH3 is 1. The predicted octanol–water partition coefficient (Wildman–Crippen LogP) is 3.21. The molecule has 0 fully saturated rings. The molecular weight excluding hydrogens is 384 g/mol. The van der Waals surface area contributed by atoms with E-state index in [1.807, 2.05) is 0 Å². The Balaban J connectivity index is 2.07. The van der Waals surface area contributed by atoms with Crippen LogP contribution in [0.3, 0.4) is 0 Å². The Morgan fingerprint density at radius 3 is 2.64 bits per heavy atom. The van der Waals surface area contributed by atoms with Crippen LogP contribution in [-0.4, -0.2) is 39.7 Å². The lowest BCUT2D eigenvalue weighted by molar-refractivity contribution is -0.132. The Morgan fingerprint density at radius 2 is 2.00 bits per heavy atom. The molecule has 0 radical (unpaired) electrons. The predicted molar refractivity (Wildman–Crippen MR) is 105 cm³/mol. The molecule has 144 valence electrons. The quantitative estimate of drug-likeness (QED) is 0.270. The van der Waals surface area contributed by atoms with E-state index in [0.717, 1.165) is 4.70 Å². The van der Waals surface area contributed by atoms with Gasteiger partial charge in [-0.3, -0.25) is 0 Å². The maximum atomic E-state index is 11.9. The molecule has 9 heteroatoms. The number of anilines is 1. The second-order valence-corrected chi connectivity index (χ2v) is 6.74. The smallest absolute Gasteiger partial charge is 0.352 e. The van der Waals surface area contributed by atoms with E-state index in [1.165, 1.54) is 29.5 Å². The number of fused-ring (bicyclic) bond motifs is 1. The van der Waals surface area contributed by atoms with Crippen molar-refractivity contribution in [1.82, 2.24) is 4.98 Å². The first-order valence-electron chi connectivity index (χ1n) is 8.07. The van der Waals surface area contributed by atoms with Crippen LogP contribution in [0.15, 0.2) is 42.1 Å². The lowest BCUT2D eigenvalue weighted by Crippen LogP contribution is -2.13. The summed E-state index contributed by atoms with van der Waals surface area (Å²) in [7, 11) is 1.55. The second-order valence-electron chi connectivity index (χ2n) is 5.71. The topological polar surface area (TPSA) is 129 Å². The van der Waals surface area contributed by atoms with Crippen molar-refractivity contribution >= 4 is 44.5 Å². The minimum absolute atomic E-state index is 0.148. The van der Waals surface area contributed by atoms with Gasteiger partial charge in [0.1, 0.15) is 17.7 Å². The number of phenols is 2. The molecule has 1 aromatic heterocycles. The zero-order valence-electron chi connectivity index (χ0n) is 14.7. The minimum atomic E-state index is -1.29. The molecule has 3 rings (SSSR count). The third-order valence-corrected chi connectivity index (χ3v) is 4.89. The average molecular weight is 400 g/mol. The molecule has 0 spiro atoms. The summed E-state index contributed by atoms with van der Waals surface area (Å²) in [5.41, 5.74) is 0.852.